The number of methoxy groups -OCH3 is 1. The van der Waals surface area contributed by atoms with Crippen molar-refractivity contribution >= 4 is 17.5 Å². The molecular formula is C13H21N3O3. The molecule has 0 unspecified atom stereocenters. The fraction of sp³-hybridized carbons (Fsp3) is 0.538. The summed E-state index contributed by atoms with van der Waals surface area (Å²) in [6.07, 6.45) is 0.613. The SMILES string of the molecule is COC(=O)c1ccc(N)c(N(CCCO)C(C)C)n1. The van der Waals surface area contributed by atoms with Gasteiger partial charge < -0.3 is 20.5 Å². The quantitative estimate of drug-likeness (QED) is 0.749. The van der Waals surface area contributed by atoms with Crippen molar-refractivity contribution in [3.8, 4) is 0 Å². The molecule has 19 heavy (non-hydrogen) atoms. The summed E-state index contributed by atoms with van der Waals surface area (Å²) in [5, 5.41) is 8.94. The van der Waals surface area contributed by atoms with Crippen molar-refractivity contribution in [2.45, 2.75) is 26.3 Å². The largest absolute Gasteiger partial charge is 0.464 e. The Morgan fingerprint density at radius 2 is 2.21 bits per heavy atom. The zero-order valence-corrected chi connectivity index (χ0v) is 11.6. The van der Waals surface area contributed by atoms with Crippen LogP contribution in [0.1, 0.15) is 30.8 Å². The number of pyridine rings is 1. The minimum absolute atomic E-state index is 0.0970. The first-order chi connectivity index (χ1) is 9.01. The van der Waals surface area contributed by atoms with E-state index in [2.05, 4.69) is 9.72 Å². The summed E-state index contributed by atoms with van der Waals surface area (Å²) in [5.41, 5.74) is 6.65. The molecule has 6 heteroatoms. The summed E-state index contributed by atoms with van der Waals surface area (Å²) in [5.74, 6) is 0.0541. The van der Waals surface area contributed by atoms with Gasteiger partial charge in [0.1, 0.15) is 0 Å². The van der Waals surface area contributed by atoms with Crippen LogP contribution in [0, 0.1) is 0 Å². The summed E-state index contributed by atoms with van der Waals surface area (Å²) in [7, 11) is 1.31. The summed E-state index contributed by atoms with van der Waals surface area (Å²) < 4.78 is 4.65. The number of aliphatic hydroxyl groups excluding tert-OH is 1. The normalized spacial score (nSPS) is 10.6. The van der Waals surface area contributed by atoms with E-state index < -0.39 is 5.97 Å². The van der Waals surface area contributed by atoms with Gasteiger partial charge in [-0.3, -0.25) is 0 Å². The zero-order valence-electron chi connectivity index (χ0n) is 11.6. The first-order valence-corrected chi connectivity index (χ1v) is 6.23. The molecule has 0 aromatic carbocycles. The van der Waals surface area contributed by atoms with E-state index in [0.717, 1.165) is 0 Å². The van der Waals surface area contributed by atoms with Crippen LogP contribution in [0.3, 0.4) is 0 Å². The van der Waals surface area contributed by atoms with E-state index >= 15 is 0 Å². The molecule has 1 aromatic rings. The Kier molecular flexibility index (Phi) is 5.57. The topological polar surface area (TPSA) is 88.7 Å². The van der Waals surface area contributed by atoms with Gasteiger partial charge in [0.05, 0.1) is 12.8 Å². The summed E-state index contributed by atoms with van der Waals surface area (Å²) in [4.78, 5) is 17.7. The molecule has 0 aliphatic heterocycles. The average Bonchev–Trinajstić information content (AvgIpc) is 2.39. The molecule has 0 amide bonds. The number of esters is 1. The van der Waals surface area contributed by atoms with E-state index in [0.29, 0.717) is 24.5 Å². The molecule has 0 bridgehead atoms. The molecule has 3 N–H and O–H groups in total. The molecular weight excluding hydrogens is 246 g/mol. The van der Waals surface area contributed by atoms with Crippen LogP contribution in [0.25, 0.3) is 0 Å². The maximum Gasteiger partial charge on any atom is 0.356 e. The third-order valence-electron chi connectivity index (χ3n) is 2.75. The van der Waals surface area contributed by atoms with Crippen molar-refractivity contribution in [1.82, 2.24) is 4.98 Å². The lowest BCUT2D eigenvalue weighted by Gasteiger charge is -2.29. The van der Waals surface area contributed by atoms with Gasteiger partial charge in [-0.15, -0.1) is 0 Å². The number of hydrogen-bond acceptors (Lipinski definition) is 6. The summed E-state index contributed by atoms with van der Waals surface area (Å²) in [6, 6.07) is 3.34. The van der Waals surface area contributed by atoms with Crippen LogP contribution in [0.4, 0.5) is 11.5 Å². The number of anilines is 2. The highest BCUT2D eigenvalue weighted by Crippen LogP contribution is 2.23. The Bertz CT molecular complexity index is 435. The highest BCUT2D eigenvalue weighted by atomic mass is 16.5. The average molecular weight is 267 g/mol. The maximum atomic E-state index is 11.5. The van der Waals surface area contributed by atoms with Crippen molar-refractivity contribution in [3.63, 3.8) is 0 Å². The fourth-order valence-corrected chi connectivity index (χ4v) is 1.76. The summed E-state index contributed by atoms with van der Waals surface area (Å²) >= 11 is 0. The third kappa shape index (κ3) is 3.82. The van der Waals surface area contributed by atoms with Gasteiger partial charge in [-0.2, -0.15) is 0 Å². The molecule has 0 aliphatic carbocycles. The van der Waals surface area contributed by atoms with Crippen LogP contribution in [-0.2, 0) is 4.74 Å². The smallest absolute Gasteiger partial charge is 0.356 e. The first-order valence-electron chi connectivity index (χ1n) is 6.23. The van der Waals surface area contributed by atoms with Gasteiger partial charge in [-0.1, -0.05) is 0 Å². The molecule has 0 radical (unpaired) electrons. The van der Waals surface area contributed by atoms with Crippen LogP contribution < -0.4 is 10.6 Å². The van der Waals surface area contributed by atoms with Crippen molar-refractivity contribution in [1.29, 1.82) is 0 Å². The van der Waals surface area contributed by atoms with Gasteiger partial charge in [0, 0.05) is 19.2 Å². The maximum absolute atomic E-state index is 11.5. The van der Waals surface area contributed by atoms with Crippen molar-refractivity contribution < 1.29 is 14.6 Å². The molecule has 1 aromatic heterocycles. The second kappa shape index (κ2) is 6.94. The highest BCUT2D eigenvalue weighted by Gasteiger charge is 2.17. The Morgan fingerprint density at radius 1 is 1.53 bits per heavy atom. The van der Waals surface area contributed by atoms with Crippen LogP contribution in [-0.4, -0.2) is 42.4 Å². The predicted octanol–water partition coefficient (Wildman–Crippen LogP) is 1.05. The van der Waals surface area contributed by atoms with E-state index in [-0.39, 0.29) is 18.3 Å². The number of nitrogens with two attached hydrogens (primary N) is 1. The van der Waals surface area contributed by atoms with Gasteiger partial charge in [0.25, 0.3) is 0 Å². The van der Waals surface area contributed by atoms with Crippen LogP contribution >= 0.6 is 0 Å². The Labute approximate surface area is 113 Å². The van der Waals surface area contributed by atoms with Gasteiger partial charge in [-0.05, 0) is 32.4 Å². The minimum atomic E-state index is -0.493. The van der Waals surface area contributed by atoms with Crippen molar-refractivity contribution in [2.75, 3.05) is 30.9 Å². The van der Waals surface area contributed by atoms with E-state index in [1.54, 1.807) is 6.07 Å². The minimum Gasteiger partial charge on any atom is -0.464 e. The van der Waals surface area contributed by atoms with Crippen molar-refractivity contribution in [3.05, 3.63) is 17.8 Å². The second-order valence-corrected chi connectivity index (χ2v) is 4.47. The number of hydrogen-bond donors (Lipinski definition) is 2. The van der Waals surface area contributed by atoms with Gasteiger partial charge >= 0.3 is 5.97 Å². The lowest BCUT2D eigenvalue weighted by Crippen LogP contribution is -2.34. The molecule has 0 saturated heterocycles. The number of nitrogen functional groups attached to an aromatic ring is 1. The van der Waals surface area contributed by atoms with Gasteiger partial charge in [0.15, 0.2) is 11.5 Å². The molecule has 0 atom stereocenters. The lowest BCUT2D eigenvalue weighted by molar-refractivity contribution is 0.0594. The number of nitrogens with zero attached hydrogens (tertiary/aromatic N) is 2. The molecule has 0 aliphatic rings. The molecule has 6 nitrogen and oxygen atoms in total. The molecule has 1 rings (SSSR count). The molecule has 0 saturated carbocycles. The summed E-state index contributed by atoms with van der Waals surface area (Å²) in [6.45, 7) is 4.72. The monoisotopic (exact) mass is 267 g/mol. The number of carbonyl (C=O) groups excluding carboxylic acids is 1. The van der Waals surface area contributed by atoms with E-state index in [9.17, 15) is 4.79 Å². The van der Waals surface area contributed by atoms with E-state index in [1.807, 2.05) is 18.7 Å². The highest BCUT2D eigenvalue weighted by molar-refractivity contribution is 5.88. The molecule has 1 heterocycles. The van der Waals surface area contributed by atoms with E-state index in [1.165, 1.54) is 13.2 Å². The van der Waals surface area contributed by atoms with Crippen molar-refractivity contribution in [2.24, 2.45) is 0 Å². The Hall–Kier alpha value is -1.82. The standard InChI is InChI=1S/C13H21N3O3/c1-9(2)16(7-4-8-17)12-10(14)5-6-11(15-12)13(18)19-3/h5-6,9,17H,4,7-8,14H2,1-3H3. The fourth-order valence-electron chi connectivity index (χ4n) is 1.76. The zero-order chi connectivity index (χ0) is 14.4. The predicted molar refractivity (Wildman–Crippen MR) is 74.2 cm³/mol. The number of ether oxygens (including phenoxy) is 1. The molecule has 0 spiro atoms. The molecule has 0 fully saturated rings. The first kappa shape index (κ1) is 15.2. The Morgan fingerprint density at radius 3 is 2.74 bits per heavy atom. The molecule has 106 valence electrons. The third-order valence-corrected chi connectivity index (χ3v) is 2.75. The lowest BCUT2D eigenvalue weighted by atomic mass is 10.2. The number of aliphatic hydroxyl groups is 1. The van der Waals surface area contributed by atoms with Crippen LogP contribution in [0.15, 0.2) is 12.1 Å². The Balaban J connectivity index is 3.10. The second-order valence-electron chi connectivity index (χ2n) is 4.47. The van der Waals surface area contributed by atoms with E-state index in [4.69, 9.17) is 10.8 Å². The van der Waals surface area contributed by atoms with Gasteiger partial charge in [0.2, 0.25) is 0 Å². The van der Waals surface area contributed by atoms with Crippen LogP contribution in [0.5, 0.6) is 0 Å². The number of rotatable bonds is 6. The van der Waals surface area contributed by atoms with Gasteiger partial charge in [-0.25, -0.2) is 9.78 Å². The number of aromatic nitrogens is 1. The van der Waals surface area contributed by atoms with Crippen LogP contribution in [0.2, 0.25) is 0 Å². The number of carbonyl (C=O) groups is 1.